The van der Waals surface area contributed by atoms with Gasteiger partial charge in [0.15, 0.2) is 0 Å². The maximum Gasteiger partial charge on any atom is 0.261 e. The van der Waals surface area contributed by atoms with Gasteiger partial charge in [-0.25, -0.2) is 13.8 Å². The maximum absolute atomic E-state index is 13.9. The molecule has 1 aromatic heterocycles. The summed E-state index contributed by atoms with van der Waals surface area (Å²) in [5.41, 5.74) is 1.84. The number of rotatable bonds is 8. The van der Waals surface area contributed by atoms with Crippen molar-refractivity contribution in [3.8, 4) is 0 Å². The number of aromatic nitrogens is 2. The van der Waals surface area contributed by atoms with Gasteiger partial charge in [-0.15, -0.1) is 0 Å². The fraction of sp³-hybridized carbons (Fsp3) is 0.250. The minimum Gasteiger partial charge on any atom is -0.349 e. The quantitative estimate of drug-likeness (QED) is 0.390. The third-order valence-electron chi connectivity index (χ3n) is 6.28. The van der Waals surface area contributed by atoms with Crippen molar-refractivity contribution in [1.29, 1.82) is 0 Å². The van der Waals surface area contributed by atoms with Gasteiger partial charge in [0, 0.05) is 18.9 Å². The van der Waals surface area contributed by atoms with E-state index in [0.29, 0.717) is 40.7 Å². The predicted molar refractivity (Wildman–Crippen MR) is 130 cm³/mol. The lowest BCUT2D eigenvalue weighted by molar-refractivity contribution is -0.121. The molecule has 0 saturated heterocycles. The Hall–Kier alpha value is -3.87. The largest absolute Gasteiger partial charge is 0.349 e. The molecule has 1 amide bonds. The van der Waals surface area contributed by atoms with Crippen molar-refractivity contribution in [3.05, 3.63) is 112 Å². The molecule has 1 aliphatic rings. The van der Waals surface area contributed by atoms with Gasteiger partial charge in [-0.2, -0.15) is 0 Å². The minimum atomic E-state index is -0.532. The van der Waals surface area contributed by atoms with E-state index in [1.807, 2.05) is 12.1 Å². The number of hydrogen-bond donors (Lipinski definition) is 1. The van der Waals surface area contributed by atoms with Gasteiger partial charge < -0.3 is 5.32 Å². The summed E-state index contributed by atoms with van der Waals surface area (Å²) in [5, 5.41) is 3.55. The smallest absolute Gasteiger partial charge is 0.261 e. The lowest BCUT2D eigenvalue weighted by Gasteiger charge is -2.20. The van der Waals surface area contributed by atoms with Crippen LogP contribution in [0.4, 0.5) is 8.78 Å². The molecule has 7 heteroatoms. The molecule has 35 heavy (non-hydrogen) atoms. The molecule has 0 bridgehead atoms. The van der Waals surface area contributed by atoms with Crippen molar-refractivity contribution in [1.82, 2.24) is 14.9 Å². The van der Waals surface area contributed by atoms with Crippen LogP contribution < -0.4 is 10.9 Å². The van der Waals surface area contributed by atoms with Crippen LogP contribution in [0.15, 0.2) is 77.6 Å². The second-order valence-corrected chi connectivity index (χ2v) is 8.96. The number of fused-ring (bicyclic) bond motifs is 1. The highest BCUT2D eigenvalue weighted by Crippen LogP contribution is 2.35. The number of amides is 1. The Morgan fingerprint density at radius 3 is 2.49 bits per heavy atom. The Morgan fingerprint density at radius 1 is 1.00 bits per heavy atom. The Labute approximate surface area is 201 Å². The second kappa shape index (κ2) is 9.78. The molecule has 1 saturated carbocycles. The first-order chi connectivity index (χ1) is 17.0. The Bertz CT molecular complexity index is 1450. The van der Waals surface area contributed by atoms with Crippen molar-refractivity contribution in [2.75, 3.05) is 0 Å². The molecule has 1 atom stereocenters. The first-order valence-electron chi connectivity index (χ1n) is 11.8. The average Bonchev–Trinajstić information content (AvgIpc) is 3.68. The zero-order chi connectivity index (χ0) is 24.4. The molecule has 0 aliphatic heterocycles. The Morgan fingerprint density at radius 2 is 1.74 bits per heavy atom. The van der Waals surface area contributed by atoms with Crippen molar-refractivity contribution in [2.24, 2.45) is 0 Å². The van der Waals surface area contributed by atoms with Crippen molar-refractivity contribution in [2.45, 2.75) is 44.2 Å². The topological polar surface area (TPSA) is 64.0 Å². The van der Waals surface area contributed by atoms with E-state index < -0.39 is 11.9 Å². The van der Waals surface area contributed by atoms with Crippen LogP contribution in [0.2, 0.25) is 0 Å². The lowest BCUT2D eigenvalue weighted by Crippen LogP contribution is -2.31. The monoisotopic (exact) mass is 473 g/mol. The summed E-state index contributed by atoms with van der Waals surface area (Å²) in [7, 11) is 0. The molecule has 0 spiro atoms. The summed E-state index contributed by atoms with van der Waals surface area (Å²) >= 11 is 0. The summed E-state index contributed by atoms with van der Waals surface area (Å²) in [6, 6.07) is 19.0. The number of carbonyl (C=O) groups is 1. The molecule has 1 fully saturated rings. The number of nitrogens with zero attached hydrogens (tertiary/aromatic N) is 2. The van der Waals surface area contributed by atoms with Gasteiger partial charge in [-0.1, -0.05) is 36.4 Å². The Balaban J connectivity index is 1.36. The molecule has 1 unspecified atom stereocenters. The molecule has 1 aliphatic carbocycles. The third kappa shape index (κ3) is 5.29. The molecule has 178 valence electrons. The van der Waals surface area contributed by atoms with E-state index in [-0.39, 0.29) is 29.7 Å². The van der Waals surface area contributed by atoms with Crippen LogP contribution in [-0.4, -0.2) is 15.5 Å². The standard InChI is InChI=1S/C28H25F2N3O2/c29-20-7-3-5-18(15-20)16-25(19-6-4-8-21(30)17-19)32-27(34)14-13-26-31-24-10-2-1-9-23(24)28(35)33(26)22-11-12-22/h1-10,15,17,22,25H,11-14,16H2,(H,32,34). The van der Waals surface area contributed by atoms with Gasteiger partial charge in [-0.3, -0.25) is 14.2 Å². The Kier molecular flexibility index (Phi) is 6.40. The van der Waals surface area contributed by atoms with E-state index >= 15 is 0 Å². The van der Waals surface area contributed by atoms with Gasteiger partial charge in [0.05, 0.1) is 16.9 Å². The highest BCUT2D eigenvalue weighted by molar-refractivity contribution is 5.78. The highest BCUT2D eigenvalue weighted by atomic mass is 19.1. The summed E-state index contributed by atoms with van der Waals surface area (Å²) in [5.74, 6) is -0.429. The number of carbonyl (C=O) groups excluding carboxylic acids is 1. The minimum absolute atomic E-state index is 0.0720. The van der Waals surface area contributed by atoms with Crippen LogP contribution >= 0.6 is 0 Å². The molecule has 1 heterocycles. The number of para-hydroxylation sites is 1. The van der Waals surface area contributed by atoms with Crippen LogP contribution in [-0.2, 0) is 17.6 Å². The zero-order valence-corrected chi connectivity index (χ0v) is 19.1. The molecule has 5 rings (SSSR count). The second-order valence-electron chi connectivity index (χ2n) is 8.96. The van der Waals surface area contributed by atoms with Gasteiger partial charge in [0.1, 0.15) is 17.5 Å². The van der Waals surface area contributed by atoms with E-state index in [4.69, 9.17) is 0 Å². The van der Waals surface area contributed by atoms with E-state index in [0.717, 1.165) is 12.8 Å². The number of nitrogens with one attached hydrogen (secondary N) is 1. The first kappa shape index (κ1) is 22.9. The van der Waals surface area contributed by atoms with Gasteiger partial charge >= 0.3 is 0 Å². The lowest BCUT2D eigenvalue weighted by atomic mass is 9.98. The fourth-order valence-corrected chi connectivity index (χ4v) is 4.44. The number of benzene rings is 3. The molecule has 3 aromatic carbocycles. The van der Waals surface area contributed by atoms with E-state index in [1.165, 1.54) is 24.3 Å². The zero-order valence-electron chi connectivity index (χ0n) is 19.1. The van der Waals surface area contributed by atoms with Gasteiger partial charge in [0.2, 0.25) is 5.91 Å². The summed E-state index contributed by atoms with van der Waals surface area (Å²) in [6.07, 6.45) is 2.58. The van der Waals surface area contributed by atoms with Crippen LogP contribution in [0.5, 0.6) is 0 Å². The van der Waals surface area contributed by atoms with E-state index in [2.05, 4.69) is 10.3 Å². The number of aryl methyl sites for hydroxylation is 1. The van der Waals surface area contributed by atoms with Crippen LogP contribution in [0.1, 0.15) is 48.3 Å². The van der Waals surface area contributed by atoms with Crippen molar-refractivity contribution < 1.29 is 13.6 Å². The maximum atomic E-state index is 13.9. The van der Waals surface area contributed by atoms with Crippen molar-refractivity contribution in [3.63, 3.8) is 0 Å². The third-order valence-corrected chi connectivity index (χ3v) is 6.28. The average molecular weight is 474 g/mol. The van der Waals surface area contributed by atoms with Crippen molar-refractivity contribution >= 4 is 16.8 Å². The molecular formula is C28H25F2N3O2. The van der Waals surface area contributed by atoms with Crippen LogP contribution in [0.25, 0.3) is 10.9 Å². The normalized spacial score (nSPS) is 14.1. The molecule has 0 radical (unpaired) electrons. The van der Waals surface area contributed by atoms with Crippen LogP contribution in [0.3, 0.4) is 0 Å². The molecule has 4 aromatic rings. The van der Waals surface area contributed by atoms with Gasteiger partial charge in [0.25, 0.3) is 5.56 Å². The first-order valence-corrected chi connectivity index (χ1v) is 11.8. The van der Waals surface area contributed by atoms with Gasteiger partial charge in [-0.05, 0) is 66.8 Å². The van der Waals surface area contributed by atoms with E-state index in [1.54, 1.807) is 41.0 Å². The summed E-state index contributed by atoms with van der Waals surface area (Å²) in [4.78, 5) is 30.7. The van der Waals surface area contributed by atoms with E-state index in [9.17, 15) is 18.4 Å². The number of hydrogen-bond acceptors (Lipinski definition) is 3. The highest BCUT2D eigenvalue weighted by Gasteiger charge is 2.28. The molecular weight excluding hydrogens is 448 g/mol. The summed E-state index contributed by atoms with van der Waals surface area (Å²) < 4.78 is 29.4. The molecule has 5 nitrogen and oxygen atoms in total. The summed E-state index contributed by atoms with van der Waals surface area (Å²) in [6.45, 7) is 0. The fourth-order valence-electron chi connectivity index (χ4n) is 4.44. The SMILES string of the molecule is O=C(CCc1nc2ccccc2c(=O)n1C1CC1)NC(Cc1cccc(F)c1)c1cccc(F)c1. The van der Waals surface area contributed by atoms with Crippen LogP contribution in [0, 0.1) is 11.6 Å². The number of halogens is 2. The molecule has 1 N–H and O–H groups in total. The predicted octanol–water partition coefficient (Wildman–Crippen LogP) is 5.04.